The van der Waals surface area contributed by atoms with E-state index in [1.807, 2.05) is 30.3 Å². The number of benzene rings is 2. The fourth-order valence-corrected chi connectivity index (χ4v) is 1.60. The maximum Gasteiger partial charge on any atom is 0.147 e. The first kappa shape index (κ1) is 12.3. The van der Waals surface area contributed by atoms with Crippen molar-refractivity contribution in [3.8, 4) is 0 Å². The Bertz CT molecular complexity index is 565. The molecule has 3 N–H and O–H groups in total. The molecule has 0 amide bonds. The van der Waals surface area contributed by atoms with Gasteiger partial charge in [-0.05, 0) is 42.8 Å². The van der Waals surface area contributed by atoms with E-state index in [-0.39, 0.29) is 5.82 Å². The highest BCUT2D eigenvalue weighted by atomic mass is 19.1. The van der Waals surface area contributed by atoms with Crippen molar-refractivity contribution in [1.29, 1.82) is 0 Å². The molecule has 0 fully saturated rings. The van der Waals surface area contributed by atoms with Gasteiger partial charge in [0, 0.05) is 5.56 Å². The van der Waals surface area contributed by atoms with Crippen LogP contribution in [-0.4, -0.2) is 5.84 Å². The van der Waals surface area contributed by atoms with Crippen molar-refractivity contribution in [2.75, 3.05) is 0 Å². The molecular weight excluding hydrogens is 229 g/mol. The lowest BCUT2D eigenvalue weighted by Crippen LogP contribution is -2.31. The molecule has 0 aromatic heterocycles. The van der Waals surface area contributed by atoms with Crippen LogP contribution in [0.15, 0.2) is 53.5 Å². The van der Waals surface area contributed by atoms with E-state index in [2.05, 4.69) is 10.4 Å². The number of aryl methyl sites for hydroxylation is 1. The molecule has 2 aromatic carbocycles. The minimum absolute atomic E-state index is 0.241. The number of nitrogens with two attached hydrogens (primary N) is 1. The van der Waals surface area contributed by atoms with Gasteiger partial charge in [-0.3, -0.25) is 0 Å². The van der Waals surface area contributed by atoms with Crippen LogP contribution in [0.3, 0.4) is 0 Å². The molecule has 18 heavy (non-hydrogen) atoms. The minimum Gasteiger partial charge on any atom is -0.308 e. The van der Waals surface area contributed by atoms with Crippen molar-refractivity contribution in [3.63, 3.8) is 0 Å². The highest BCUT2D eigenvalue weighted by Gasteiger charge is 2.05. The van der Waals surface area contributed by atoms with Crippen LogP contribution in [-0.2, 0) is 0 Å². The number of rotatable bonds is 2. The summed E-state index contributed by atoms with van der Waals surface area (Å²) >= 11 is 0. The molecule has 0 aliphatic carbocycles. The van der Waals surface area contributed by atoms with Gasteiger partial charge in [-0.15, -0.1) is 0 Å². The van der Waals surface area contributed by atoms with Crippen LogP contribution in [0.2, 0.25) is 0 Å². The lowest BCUT2D eigenvalue weighted by Gasteiger charge is -2.07. The third-order valence-electron chi connectivity index (χ3n) is 2.57. The van der Waals surface area contributed by atoms with Gasteiger partial charge in [-0.2, -0.15) is 0 Å². The molecule has 0 atom stereocenters. The average molecular weight is 243 g/mol. The second kappa shape index (κ2) is 5.42. The fourth-order valence-electron chi connectivity index (χ4n) is 1.60. The number of hydrogen-bond acceptors (Lipinski definition) is 2. The van der Waals surface area contributed by atoms with Crippen LogP contribution in [0.1, 0.15) is 11.1 Å². The molecule has 0 unspecified atom stereocenters. The molecule has 0 saturated carbocycles. The van der Waals surface area contributed by atoms with Crippen LogP contribution in [0.5, 0.6) is 0 Å². The van der Waals surface area contributed by atoms with Crippen LogP contribution >= 0.6 is 0 Å². The Labute approximate surface area is 105 Å². The van der Waals surface area contributed by atoms with Gasteiger partial charge in [-0.1, -0.05) is 18.2 Å². The van der Waals surface area contributed by atoms with E-state index >= 15 is 0 Å². The highest BCUT2D eigenvalue weighted by Crippen LogP contribution is 2.14. The number of hydrogen-bond donors (Lipinski definition) is 2. The van der Waals surface area contributed by atoms with E-state index in [9.17, 15) is 4.39 Å². The van der Waals surface area contributed by atoms with E-state index in [1.165, 1.54) is 6.07 Å². The summed E-state index contributed by atoms with van der Waals surface area (Å²) in [6.45, 7) is 1.70. The quantitative estimate of drug-likeness (QED) is 0.369. The number of nitrogens with one attached hydrogen (secondary N) is 1. The maximum atomic E-state index is 13.2. The molecule has 0 spiro atoms. The smallest absolute Gasteiger partial charge is 0.147 e. The summed E-state index contributed by atoms with van der Waals surface area (Å²) in [6.07, 6.45) is 0. The molecule has 4 heteroatoms. The number of hydrazine groups is 1. The van der Waals surface area contributed by atoms with E-state index in [0.29, 0.717) is 11.4 Å². The van der Waals surface area contributed by atoms with Gasteiger partial charge in [0.05, 0.1) is 5.69 Å². The predicted molar refractivity (Wildman–Crippen MR) is 71.1 cm³/mol. The van der Waals surface area contributed by atoms with Crippen molar-refractivity contribution < 1.29 is 4.39 Å². The Morgan fingerprint density at radius 3 is 2.50 bits per heavy atom. The Hall–Kier alpha value is -2.20. The second-order valence-corrected chi connectivity index (χ2v) is 3.90. The van der Waals surface area contributed by atoms with Gasteiger partial charge in [-0.25, -0.2) is 15.2 Å². The Balaban J connectivity index is 2.39. The summed E-state index contributed by atoms with van der Waals surface area (Å²) < 4.78 is 13.2. The topological polar surface area (TPSA) is 50.4 Å². The Morgan fingerprint density at radius 2 is 1.89 bits per heavy atom. The standard InChI is InChI=1S/C14H14FN3/c1-10-9-11(7-8-13(10)15)14(18-16)17-12-5-3-2-4-6-12/h2-9H,16H2,1H3,(H,17,18). The first-order chi connectivity index (χ1) is 8.70. The van der Waals surface area contributed by atoms with E-state index in [1.54, 1.807) is 19.1 Å². The zero-order valence-electron chi connectivity index (χ0n) is 10.0. The molecule has 2 rings (SSSR count). The van der Waals surface area contributed by atoms with Gasteiger partial charge in [0.25, 0.3) is 0 Å². The average Bonchev–Trinajstić information content (AvgIpc) is 2.40. The van der Waals surface area contributed by atoms with Gasteiger partial charge < -0.3 is 5.43 Å². The van der Waals surface area contributed by atoms with Crippen molar-refractivity contribution in [3.05, 3.63) is 65.5 Å². The lowest BCUT2D eigenvalue weighted by molar-refractivity contribution is 0.618. The first-order valence-corrected chi connectivity index (χ1v) is 5.57. The van der Waals surface area contributed by atoms with Crippen molar-refractivity contribution >= 4 is 11.5 Å². The SMILES string of the molecule is Cc1cc(C(=Nc2ccccc2)NN)ccc1F. The van der Waals surface area contributed by atoms with Crippen molar-refractivity contribution in [2.45, 2.75) is 6.92 Å². The first-order valence-electron chi connectivity index (χ1n) is 5.57. The van der Waals surface area contributed by atoms with E-state index in [4.69, 9.17) is 5.84 Å². The Morgan fingerprint density at radius 1 is 1.17 bits per heavy atom. The number of amidine groups is 1. The van der Waals surface area contributed by atoms with Crippen molar-refractivity contribution in [2.24, 2.45) is 10.8 Å². The highest BCUT2D eigenvalue weighted by molar-refractivity contribution is 6.00. The molecule has 0 aliphatic rings. The molecule has 0 heterocycles. The summed E-state index contributed by atoms with van der Waals surface area (Å²) in [6, 6.07) is 14.2. The van der Waals surface area contributed by atoms with Crippen molar-refractivity contribution in [1.82, 2.24) is 5.43 Å². The number of nitrogens with zero attached hydrogens (tertiary/aromatic N) is 1. The van der Waals surface area contributed by atoms with Gasteiger partial charge >= 0.3 is 0 Å². The molecule has 0 radical (unpaired) electrons. The molecule has 0 aliphatic heterocycles. The van der Waals surface area contributed by atoms with Gasteiger partial charge in [0.1, 0.15) is 11.7 Å². The normalized spacial score (nSPS) is 11.4. The largest absolute Gasteiger partial charge is 0.308 e. The molecule has 0 saturated heterocycles. The predicted octanol–water partition coefficient (Wildman–Crippen LogP) is 2.68. The summed E-state index contributed by atoms with van der Waals surface area (Å²) in [7, 11) is 0. The summed E-state index contributed by atoms with van der Waals surface area (Å²) in [4.78, 5) is 4.38. The zero-order valence-corrected chi connectivity index (χ0v) is 10.0. The van der Waals surface area contributed by atoms with E-state index < -0.39 is 0 Å². The number of aliphatic imine (C=N–C) groups is 1. The molecule has 3 nitrogen and oxygen atoms in total. The number of halogens is 1. The third kappa shape index (κ3) is 2.73. The van der Waals surface area contributed by atoms with E-state index in [0.717, 1.165) is 11.3 Å². The van der Waals surface area contributed by atoms with Crippen LogP contribution in [0.4, 0.5) is 10.1 Å². The van der Waals surface area contributed by atoms with Crippen LogP contribution < -0.4 is 11.3 Å². The summed E-state index contributed by atoms with van der Waals surface area (Å²) in [5, 5.41) is 0. The fraction of sp³-hybridized carbons (Fsp3) is 0.0714. The molecular formula is C14H14FN3. The molecule has 0 bridgehead atoms. The van der Waals surface area contributed by atoms with Crippen LogP contribution in [0.25, 0.3) is 0 Å². The summed E-state index contributed by atoms with van der Waals surface area (Å²) in [5.41, 5.74) is 4.63. The Kier molecular flexibility index (Phi) is 3.69. The molecule has 92 valence electrons. The monoisotopic (exact) mass is 243 g/mol. The van der Waals surface area contributed by atoms with Gasteiger partial charge in [0.2, 0.25) is 0 Å². The maximum absolute atomic E-state index is 13.2. The molecule has 2 aromatic rings. The zero-order chi connectivity index (χ0) is 13.0. The minimum atomic E-state index is -0.241. The number of para-hydroxylation sites is 1. The van der Waals surface area contributed by atoms with Crippen LogP contribution in [0, 0.1) is 12.7 Å². The second-order valence-electron chi connectivity index (χ2n) is 3.90. The lowest BCUT2D eigenvalue weighted by atomic mass is 10.1. The third-order valence-corrected chi connectivity index (χ3v) is 2.57. The summed E-state index contributed by atoms with van der Waals surface area (Å²) in [5.74, 6) is 5.73. The van der Waals surface area contributed by atoms with Gasteiger partial charge in [0.15, 0.2) is 0 Å².